The van der Waals surface area contributed by atoms with Crippen LogP contribution in [-0.4, -0.2) is 22.4 Å². The average Bonchev–Trinajstić information content (AvgIpc) is 1.84. The summed E-state index contributed by atoms with van der Waals surface area (Å²) in [7, 11) is 0. The van der Waals surface area contributed by atoms with Crippen LogP contribution in [0.25, 0.3) is 0 Å². The summed E-state index contributed by atoms with van der Waals surface area (Å²) in [4.78, 5) is 10.4. The molecular formula is C6H13NO2S. The molecule has 60 valence electrons. The van der Waals surface area contributed by atoms with Gasteiger partial charge in [-0.1, -0.05) is 0 Å². The summed E-state index contributed by atoms with van der Waals surface area (Å²) in [6, 6.07) is 0. The molecule has 1 atom stereocenters. The van der Waals surface area contributed by atoms with Crippen LogP contribution in [0.2, 0.25) is 0 Å². The Hall–Kier alpha value is -0.220. The van der Waals surface area contributed by atoms with Gasteiger partial charge in [-0.05, 0) is 25.5 Å². The molecule has 0 amide bonds. The third kappa shape index (κ3) is 3.08. The van der Waals surface area contributed by atoms with E-state index in [2.05, 4.69) is 12.6 Å². The fourth-order valence-electron chi connectivity index (χ4n) is 0.553. The third-order valence-electron chi connectivity index (χ3n) is 1.34. The van der Waals surface area contributed by atoms with E-state index >= 15 is 0 Å². The van der Waals surface area contributed by atoms with Gasteiger partial charge in [-0.15, -0.1) is 0 Å². The lowest BCUT2D eigenvalue weighted by atomic mass is 9.98. The summed E-state index contributed by atoms with van der Waals surface area (Å²) in [5.41, 5.74) is 4.33. The van der Waals surface area contributed by atoms with Crippen LogP contribution < -0.4 is 5.73 Å². The molecule has 3 N–H and O–H groups in total. The number of hydrogen-bond donors (Lipinski definition) is 3. The van der Waals surface area contributed by atoms with Crippen LogP contribution in [0.3, 0.4) is 0 Å². The standard InChI is InChI=1S/C6H13NO2S/c1-6(7,5(8)9)3-2-4-10/h10H,2-4,7H2,1H3,(H,8,9). The summed E-state index contributed by atoms with van der Waals surface area (Å²) in [6.45, 7) is 1.51. The number of aliphatic carboxylic acids is 1. The highest BCUT2D eigenvalue weighted by molar-refractivity contribution is 7.80. The Balaban J connectivity index is 3.75. The number of nitrogens with two attached hydrogens (primary N) is 1. The van der Waals surface area contributed by atoms with Crippen molar-refractivity contribution in [2.24, 2.45) is 5.73 Å². The van der Waals surface area contributed by atoms with Gasteiger partial charge < -0.3 is 10.8 Å². The van der Waals surface area contributed by atoms with Gasteiger partial charge >= 0.3 is 5.97 Å². The van der Waals surface area contributed by atoms with Crippen LogP contribution in [0.4, 0.5) is 0 Å². The van der Waals surface area contributed by atoms with E-state index < -0.39 is 11.5 Å². The van der Waals surface area contributed by atoms with Crippen LogP contribution in [0.1, 0.15) is 19.8 Å². The van der Waals surface area contributed by atoms with Gasteiger partial charge in [0.15, 0.2) is 0 Å². The Labute approximate surface area is 66.0 Å². The quantitative estimate of drug-likeness (QED) is 0.529. The molecule has 1 unspecified atom stereocenters. The molecule has 0 spiro atoms. The minimum atomic E-state index is -1.08. The van der Waals surface area contributed by atoms with Crippen LogP contribution in [0, 0.1) is 0 Å². The van der Waals surface area contributed by atoms with E-state index in [0.29, 0.717) is 12.2 Å². The monoisotopic (exact) mass is 163 g/mol. The highest BCUT2D eigenvalue weighted by Gasteiger charge is 2.26. The van der Waals surface area contributed by atoms with E-state index in [9.17, 15) is 4.79 Å². The maximum absolute atomic E-state index is 10.4. The Bertz CT molecular complexity index is 125. The van der Waals surface area contributed by atoms with Gasteiger partial charge in [-0.3, -0.25) is 4.79 Å². The molecule has 0 rings (SSSR count). The summed E-state index contributed by atoms with van der Waals surface area (Å²) < 4.78 is 0. The first kappa shape index (κ1) is 9.78. The Morgan fingerprint density at radius 3 is 2.60 bits per heavy atom. The predicted octanol–water partition coefficient (Wildman–Crippen LogP) is 0.498. The molecular weight excluding hydrogens is 150 g/mol. The molecule has 0 fully saturated rings. The van der Waals surface area contributed by atoms with Crippen molar-refractivity contribution in [3.63, 3.8) is 0 Å². The zero-order valence-corrected chi connectivity index (χ0v) is 6.90. The van der Waals surface area contributed by atoms with E-state index in [-0.39, 0.29) is 0 Å². The van der Waals surface area contributed by atoms with E-state index in [4.69, 9.17) is 10.8 Å². The highest BCUT2D eigenvalue weighted by atomic mass is 32.1. The van der Waals surface area contributed by atoms with Crippen molar-refractivity contribution in [2.75, 3.05) is 5.75 Å². The van der Waals surface area contributed by atoms with Crippen LogP contribution in [-0.2, 0) is 4.79 Å². The van der Waals surface area contributed by atoms with Gasteiger partial charge in [0.05, 0.1) is 0 Å². The summed E-state index contributed by atoms with van der Waals surface area (Å²) in [5, 5.41) is 8.52. The number of carbonyl (C=O) groups is 1. The van der Waals surface area contributed by atoms with Crippen LogP contribution in [0.5, 0.6) is 0 Å². The zero-order chi connectivity index (χ0) is 8.20. The second-order valence-electron chi connectivity index (χ2n) is 2.55. The first-order valence-electron chi connectivity index (χ1n) is 3.14. The SMILES string of the molecule is CC(N)(CCCS)C(=O)O. The first-order valence-corrected chi connectivity index (χ1v) is 3.77. The molecule has 0 aliphatic rings. The summed E-state index contributed by atoms with van der Waals surface area (Å²) in [5.74, 6) is -0.269. The number of rotatable bonds is 4. The Kier molecular flexibility index (Phi) is 3.75. The topological polar surface area (TPSA) is 63.3 Å². The number of hydrogen-bond acceptors (Lipinski definition) is 3. The van der Waals surface area contributed by atoms with Gasteiger partial charge in [0.2, 0.25) is 0 Å². The number of thiol groups is 1. The van der Waals surface area contributed by atoms with E-state index in [1.54, 1.807) is 0 Å². The predicted molar refractivity (Wildman–Crippen MR) is 43.3 cm³/mol. The molecule has 0 saturated heterocycles. The van der Waals surface area contributed by atoms with Gasteiger partial charge in [0.1, 0.15) is 5.54 Å². The fourth-order valence-corrected chi connectivity index (χ4v) is 0.711. The number of carboxylic acids is 1. The van der Waals surface area contributed by atoms with Gasteiger partial charge in [0.25, 0.3) is 0 Å². The molecule has 3 nitrogen and oxygen atoms in total. The Morgan fingerprint density at radius 2 is 2.30 bits per heavy atom. The zero-order valence-electron chi connectivity index (χ0n) is 6.00. The van der Waals surface area contributed by atoms with Crippen molar-refractivity contribution in [1.29, 1.82) is 0 Å². The van der Waals surface area contributed by atoms with E-state index in [1.165, 1.54) is 6.92 Å². The van der Waals surface area contributed by atoms with Crippen molar-refractivity contribution in [3.05, 3.63) is 0 Å². The lowest BCUT2D eigenvalue weighted by Crippen LogP contribution is -2.44. The average molecular weight is 163 g/mol. The maximum Gasteiger partial charge on any atom is 0.323 e. The normalized spacial score (nSPS) is 16.3. The lowest BCUT2D eigenvalue weighted by molar-refractivity contribution is -0.142. The van der Waals surface area contributed by atoms with Crippen molar-refractivity contribution >= 4 is 18.6 Å². The lowest BCUT2D eigenvalue weighted by Gasteiger charge is -2.17. The van der Waals surface area contributed by atoms with Crippen LogP contribution in [0.15, 0.2) is 0 Å². The minimum absolute atomic E-state index is 0.478. The molecule has 0 aliphatic carbocycles. The molecule has 0 aromatic carbocycles. The molecule has 0 aromatic rings. The molecule has 0 aliphatic heterocycles. The summed E-state index contributed by atoms with van der Waals surface area (Å²) in [6.07, 6.45) is 1.22. The van der Waals surface area contributed by atoms with E-state index in [1.807, 2.05) is 0 Å². The number of carboxylic acid groups (broad SMARTS) is 1. The minimum Gasteiger partial charge on any atom is -0.480 e. The Morgan fingerprint density at radius 1 is 1.80 bits per heavy atom. The highest BCUT2D eigenvalue weighted by Crippen LogP contribution is 2.08. The van der Waals surface area contributed by atoms with Gasteiger partial charge in [-0.2, -0.15) is 12.6 Å². The smallest absolute Gasteiger partial charge is 0.323 e. The molecule has 10 heavy (non-hydrogen) atoms. The van der Waals surface area contributed by atoms with Gasteiger partial charge in [-0.25, -0.2) is 0 Å². The second kappa shape index (κ2) is 3.83. The third-order valence-corrected chi connectivity index (χ3v) is 1.66. The van der Waals surface area contributed by atoms with Crippen molar-refractivity contribution < 1.29 is 9.90 Å². The molecule has 0 saturated carbocycles. The molecule has 4 heteroatoms. The van der Waals surface area contributed by atoms with Crippen LogP contribution >= 0.6 is 12.6 Å². The molecule has 0 aromatic heterocycles. The van der Waals surface area contributed by atoms with E-state index in [0.717, 1.165) is 6.42 Å². The second-order valence-corrected chi connectivity index (χ2v) is 3.00. The first-order chi connectivity index (χ1) is 4.50. The largest absolute Gasteiger partial charge is 0.480 e. The van der Waals surface area contributed by atoms with Crippen molar-refractivity contribution in [2.45, 2.75) is 25.3 Å². The summed E-state index contributed by atoms with van der Waals surface area (Å²) >= 11 is 3.95. The molecule has 0 radical (unpaired) electrons. The van der Waals surface area contributed by atoms with Crippen molar-refractivity contribution in [3.8, 4) is 0 Å². The molecule has 0 bridgehead atoms. The van der Waals surface area contributed by atoms with Crippen molar-refractivity contribution in [1.82, 2.24) is 0 Å². The molecule has 0 heterocycles. The fraction of sp³-hybridized carbons (Fsp3) is 0.833. The van der Waals surface area contributed by atoms with Gasteiger partial charge in [0, 0.05) is 0 Å². The maximum atomic E-state index is 10.4.